The zero-order chi connectivity index (χ0) is 23.6. The van der Waals surface area contributed by atoms with E-state index in [2.05, 4.69) is 15.3 Å². The van der Waals surface area contributed by atoms with Crippen LogP contribution >= 0.6 is 0 Å². The number of aromatic nitrogens is 3. The number of phenolic OH excluding ortho intramolecular Hbond substituents is 1. The zero-order valence-corrected chi connectivity index (χ0v) is 18.0. The van der Waals surface area contributed by atoms with E-state index in [1.165, 1.54) is 36.5 Å². The Morgan fingerprint density at radius 2 is 1.97 bits per heavy atom. The van der Waals surface area contributed by atoms with E-state index in [1.54, 1.807) is 18.4 Å². The summed E-state index contributed by atoms with van der Waals surface area (Å²) in [6, 6.07) is 14.6. The Morgan fingerprint density at radius 1 is 1.18 bits per heavy atom. The lowest BCUT2D eigenvalue weighted by molar-refractivity contribution is 0.0630. The number of pyridine rings is 1. The van der Waals surface area contributed by atoms with Gasteiger partial charge in [0.1, 0.15) is 11.5 Å². The van der Waals surface area contributed by atoms with E-state index >= 15 is 0 Å². The standard InChI is InChI=1S/C24H22N4O5/c1-24(2,32)14-28-19-6-4-3-5-18(19)26-23(28)27-22(31)15-9-10-25-21(12-15)33-17-7-8-20(30)16(11-17)13-29/h3-13,30,32H,14H2,1-2H3,(H,26,27,31). The lowest BCUT2D eigenvalue weighted by atomic mass is 10.1. The molecule has 0 atom stereocenters. The van der Waals surface area contributed by atoms with Gasteiger partial charge in [-0.2, -0.15) is 0 Å². The average molecular weight is 446 g/mol. The van der Waals surface area contributed by atoms with Crippen LogP contribution in [-0.2, 0) is 6.54 Å². The number of benzene rings is 2. The summed E-state index contributed by atoms with van der Waals surface area (Å²) < 4.78 is 7.39. The molecule has 33 heavy (non-hydrogen) atoms. The summed E-state index contributed by atoms with van der Waals surface area (Å²) in [5.74, 6) is 0.125. The van der Waals surface area contributed by atoms with Gasteiger partial charge in [0.15, 0.2) is 6.29 Å². The van der Waals surface area contributed by atoms with Crippen molar-refractivity contribution in [3.05, 3.63) is 71.9 Å². The van der Waals surface area contributed by atoms with Crippen LogP contribution in [0.4, 0.5) is 5.95 Å². The molecule has 0 spiro atoms. The van der Waals surface area contributed by atoms with Crippen LogP contribution in [0.5, 0.6) is 17.4 Å². The summed E-state index contributed by atoms with van der Waals surface area (Å²) >= 11 is 0. The number of phenols is 1. The van der Waals surface area contributed by atoms with E-state index in [0.717, 1.165) is 5.52 Å². The molecule has 9 nitrogen and oxygen atoms in total. The Balaban J connectivity index is 1.59. The molecule has 0 aliphatic rings. The minimum Gasteiger partial charge on any atom is -0.507 e. The zero-order valence-electron chi connectivity index (χ0n) is 18.0. The molecule has 0 unspecified atom stereocenters. The monoisotopic (exact) mass is 446 g/mol. The van der Waals surface area contributed by atoms with Crippen LogP contribution in [0.15, 0.2) is 60.8 Å². The molecular weight excluding hydrogens is 424 g/mol. The number of rotatable bonds is 7. The number of aromatic hydroxyl groups is 1. The van der Waals surface area contributed by atoms with Crippen molar-refractivity contribution < 1.29 is 24.5 Å². The number of hydrogen-bond acceptors (Lipinski definition) is 7. The van der Waals surface area contributed by atoms with Crippen molar-refractivity contribution in [2.45, 2.75) is 26.0 Å². The van der Waals surface area contributed by atoms with Gasteiger partial charge in [-0.25, -0.2) is 9.97 Å². The number of carbonyl (C=O) groups is 2. The molecule has 0 fully saturated rings. The Morgan fingerprint density at radius 3 is 2.73 bits per heavy atom. The normalized spacial score (nSPS) is 11.4. The summed E-state index contributed by atoms with van der Waals surface area (Å²) in [5.41, 5.74) is 0.801. The number of nitrogens with one attached hydrogen (secondary N) is 1. The number of hydrogen-bond donors (Lipinski definition) is 3. The van der Waals surface area contributed by atoms with Crippen LogP contribution in [0.1, 0.15) is 34.6 Å². The van der Waals surface area contributed by atoms with E-state index in [4.69, 9.17) is 4.74 Å². The van der Waals surface area contributed by atoms with E-state index < -0.39 is 11.5 Å². The number of aliphatic hydroxyl groups is 1. The van der Waals surface area contributed by atoms with Crippen molar-refractivity contribution in [2.24, 2.45) is 0 Å². The van der Waals surface area contributed by atoms with Gasteiger partial charge in [-0.1, -0.05) is 12.1 Å². The maximum absolute atomic E-state index is 13.0. The Hall–Kier alpha value is -4.24. The van der Waals surface area contributed by atoms with Crippen LogP contribution in [0.2, 0.25) is 0 Å². The van der Waals surface area contributed by atoms with Crippen LogP contribution in [0, 0.1) is 0 Å². The predicted octanol–water partition coefficient (Wildman–Crippen LogP) is 3.76. The van der Waals surface area contributed by atoms with Crippen LogP contribution < -0.4 is 10.1 Å². The fraction of sp³-hybridized carbons (Fsp3) is 0.167. The Bertz CT molecular complexity index is 1340. The predicted molar refractivity (Wildman–Crippen MR) is 122 cm³/mol. The van der Waals surface area contributed by atoms with Crippen molar-refractivity contribution in [1.82, 2.24) is 14.5 Å². The summed E-state index contributed by atoms with van der Waals surface area (Å²) in [4.78, 5) is 32.6. The van der Waals surface area contributed by atoms with E-state index in [0.29, 0.717) is 17.8 Å². The lowest BCUT2D eigenvalue weighted by Crippen LogP contribution is -2.27. The van der Waals surface area contributed by atoms with Crippen molar-refractivity contribution in [3.8, 4) is 17.4 Å². The first-order valence-corrected chi connectivity index (χ1v) is 10.1. The molecule has 168 valence electrons. The summed E-state index contributed by atoms with van der Waals surface area (Å²) in [7, 11) is 0. The minimum absolute atomic E-state index is 0.0760. The highest BCUT2D eigenvalue weighted by Gasteiger charge is 2.21. The first kappa shape index (κ1) is 22.0. The molecule has 4 aromatic rings. The van der Waals surface area contributed by atoms with Crippen molar-refractivity contribution in [3.63, 3.8) is 0 Å². The molecule has 3 N–H and O–H groups in total. The third-order valence-corrected chi connectivity index (χ3v) is 4.77. The second-order valence-corrected chi connectivity index (χ2v) is 8.10. The number of ether oxygens (including phenoxy) is 1. The lowest BCUT2D eigenvalue weighted by Gasteiger charge is -2.20. The first-order chi connectivity index (χ1) is 15.7. The van der Waals surface area contributed by atoms with E-state index in [9.17, 15) is 19.8 Å². The van der Waals surface area contributed by atoms with Gasteiger partial charge in [-0.05, 0) is 50.2 Å². The Kier molecular flexibility index (Phi) is 5.80. The van der Waals surface area contributed by atoms with Crippen molar-refractivity contribution in [2.75, 3.05) is 5.32 Å². The Labute approximate surface area is 189 Å². The average Bonchev–Trinajstić information content (AvgIpc) is 3.10. The first-order valence-electron chi connectivity index (χ1n) is 10.1. The largest absolute Gasteiger partial charge is 0.507 e. The molecule has 0 bridgehead atoms. The topological polar surface area (TPSA) is 127 Å². The number of imidazole rings is 1. The summed E-state index contributed by atoms with van der Waals surface area (Å²) in [6.07, 6.45) is 1.93. The number of fused-ring (bicyclic) bond motifs is 1. The molecule has 0 aliphatic carbocycles. The van der Waals surface area contributed by atoms with Gasteiger partial charge in [-0.15, -0.1) is 0 Å². The molecule has 2 aromatic carbocycles. The number of amides is 1. The SMILES string of the molecule is CC(C)(O)Cn1c(NC(=O)c2ccnc(Oc3ccc(O)c(C=O)c3)c2)nc2ccccc21. The second-order valence-electron chi connectivity index (χ2n) is 8.10. The van der Waals surface area contributed by atoms with Gasteiger partial charge >= 0.3 is 0 Å². The van der Waals surface area contributed by atoms with Crippen LogP contribution in [-0.4, -0.2) is 42.5 Å². The molecule has 9 heteroatoms. The van der Waals surface area contributed by atoms with E-state index in [-0.39, 0.29) is 35.1 Å². The third kappa shape index (κ3) is 4.99. The van der Waals surface area contributed by atoms with Crippen molar-refractivity contribution >= 4 is 29.2 Å². The molecule has 1 amide bonds. The maximum Gasteiger partial charge on any atom is 0.258 e. The molecular formula is C24H22N4O5. The number of carbonyl (C=O) groups excluding carboxylic acids is 2. The number of para-hydroxylation sites is 2. The molecule has 2 heterocycles. The van der Waals surface area contributed by atoms with Crippen molar-refractivity contribution in [1.29, 1.82) is 0 Å². The van der Waals surface area contributed by atoms with Gasteiger partial charge in [0.2, 0.25) is 11.8 Å². The van der Waals surface area contributed by atoms with Crippen LogP contribution in [0.25, 0.3) is 11.0 Å². The highest BCUT2D eigenvalue weighted by molar-refractivity contribution is 6.04. The van der Waals surface area contributed by atoms with Gasteiger partial charge in [0, 0.05) is 17.8 Å². The van der Waals surface area contributed by atoms with Gasteiger partial charge in [-0.3, -0.25) is 14.9 Å². The number of nitrogens with zero attached hydrogens (tertiary/aromatic N) is 3. The van der Waals surface area contributed by atoms with E-state index in [1.807, 2.05) is 24.3 Å². The maximum atomic E-state index is 13.0. The highest BCUT2D eigenvalue weighted by atomic mass is 16.5. The highest BCUT2D eigenvalue weighted by Crippen LogP contribution is 2.26. The fourth-order valence-electron chi connectivity index (χ4n) is 3.31. The summed E-state index contributed by atoms with van der Waals surface area (Å²) in [6.45, 7) is 3.59. The molecule has 0 radical (unpaired) electrons. The molecule has 2 aromatic heterocycles. The van der Waals surface area contributed by atoms with Crippen LogP contribution in [0.3, 0.4) is 0 Å². The third-order valence-electron chi connectivity index (χ3n) is 4.77. The smallest absolute Gasteiger partial charge is 0.258 e. The number of anilines is 1. The fourth-order valence-corrected chi connectivity index (χ4v) is 3.31. The quantitative estimate of drug-likeness (QED) is 0.369. The molecule has 0 saturated heterocycles. The van der Waals surface area contributed by atoms with Gasteiger partial charge in [0.05, 0.1) is 28.7 Å². The summed E-state index contributed by atoms with van der Waals surface area (Å²) in [5, 5.41) is 22.8. The van der Waals surface area contributed by atoms with Gasteiger partial charge in [0.25, 0.3) is 5.91 Å². The van der Waals surface area contributed by atoms with Gasteiger partial charge < -0.3 is 19.5 Å². The minimum atomic E-state index is -1.02. The second kappa shape index (κ2) is 8.71. The molecule has 0 aliphatic heterocycles. The molecule has 4 rings (SSSR count). The number of aldehydes is 1. The molecule has 0 saturated carbocycles.